The van der Waals surface area contributed by atoms with Crippen molar-refractivity contribution in [3.63, 3.8) is 0 Å². The van der Waals surface area contributed by atoms with Crippen LogP contribution in [0.3, 0.4) is 0 Å². The number of hydrogen-bond acceptors (Lipinski definition) is 2. The van der Waals surface area contributed by atoms with E-state index in [0.29, 0.717) is 11.9 Å². The fourth-order valence-corrected chi connectivity index (χ4v) is 4.39. The third-order valence-electron chi connectivity index (χ3n) is 5.73. The SMILES string of the molecule is O=C(NC1CCCCCCC1)C1CCN(Cc2ccc(Br)cc2)CC1. The molecule has 138 valence electrons. The Kier molecular flexibility index (Phi) is 7.35. The van der Waals surface area contributed by atoms with Crippen molar-refractivity contribution in [1.29, 1.82) is 0 Å². The lowest BCUT2D eigenvalue weighted by Crippen LogP contribution is -2.43. The van der Waals surface area contributed by atoms with Gasteiger partial charge in [0.05, 0.1) is 0 Å². The van der Waals surface area contributed by atoms with E-state index in [4.69, 9.17) is 0 Å². The summed E-state index contributed by atoms with van der Waals surface area (Å²) in [4.78, 5) is 15.1. The smallest absolute Gasteiger partial charge is 0.223 e. The molecule has 0 atom stereocenters. The Morgan fingerprint density at radius 3 is 2.20 bits per heavy atom. The summed E-state index contributed by atoms with van der Waals surface area (Å²) in [5, 5.41) is 3.36. The zero-order valence-corrected chi connectivity index (χ0v) is 16.8. The monoisotopic (exact) mass is 406 g/mol. The molecular formula is C21H31BrN2O. The van der Waals surface area contributed by atoms with Crippen LogP contribution in [0.25, 0.3) is 0 Å². The molecular weight excluding hydrogens is 376 g/mol. The predicted octanol–water partition coefficient (Wildman–Crippen LogP) is 4.89. The standard InChI is InChI=1S/C21H31BrN2O/c22-19-10-8-17(9-11-19)16-24-14-12-18(13-15-24)21(25)23-20-6-4-2-1-3-5-7-20/h8-11,18,20H,1-7,12-16H2,(H,23,25). The number of halogens is 1. The van der Waals surface area contributed by atoms with Gasteiger partial charge in [-0.3, -0.25) is 9.69 Å². The molecule has 1 aliphatic heterocycles. The Hall–Kier alpha value is -0.870. The number of rotatable bonds is 4. The van der Waals surface area contributed by atoms with E-state index < -0.39 is 0 Å². The summed E-state index contributed by atoms with van der Waals surface area (Å²) in [5.41, 5.74) is 1.35. The fourth-order valence-electron chi connectivity index (χ4n) is 4.12. The second-order valence-corrected chi connectivity index (χ2v) is 8.64. The van der Waals surface area contributed by atoms with Crippen molar-refractivity contribution in [3.8, 4) is 0 Å². The number of nitrogens with zero attached hydrogens (tertiary/aromatic N) is 1. The van der Waals surface area contributed by atoms with Crippen molar-refractivity contribution in [2.24, 2.45) is 5.92 Å². The van der Waals surface area contributed by atoms with E-state index in [1.54, 1.807) is 0 Å². The van der Waals surface area contributed by atoms with E-state index in [0.717, 1.165) is 36.9 Å². The van der Waals surface area contributed by atoms with E-state index in [1.807, 2.05) is 0 Å². The van der Waals surface area contributed by atoms with Crippen LogP contribution in [0.15, 0.2) is 28.7 Å². The molecule has 1 saturated carbocycles. The predicted molar refractivity (Wildman–Crippen MR) is 106 cm³/mol. The van der Waals surface area contributed by atoms with Gasteiger partial charge in [0, 0.05) is 23.0 Å². The van der Waals surface area contributed by atoms with Crippen LogP contribution in [0.5, 0.6) is 0 Å². The minimum atomic E-state index is 0.214. The normalized spacial score (nSPS) is 21.5. The summed E-state index contributed by atoms with van der Waals surface area (Å²) in [6.45, 7) is 3.04. The Bertz CT molecular complexity index is 529. The Morgan fingerprint density at radius 2 is 1.56 bits per heavy atom. The molecule has 3 rings (SSSR count). The Balaban J connectivity index is 1.41. The summed E-state index contributed by atoms with van der Waals surface area (Å²) in [6.07, 6.45) is 10.9. The summed E-state index contributed by atoms with van der Waals surface area (Å²) >= 11 is 3.49. The molecule has 1 saturated heterocycles. The second kappa shape index (κ2) is 9.72. The van der Waals surface area contributed by atoms with Crippen LogP contribution in [-0.2, 0) is 11.3 Å². The number of benzene rings is 1. The van der Waals surface area contributed by atoms with Gasteiger partial charge in [-0.25, -0.2) is 0 Å². The Morgan fingerprint density at radius 1 is 0.960 bits per heavy atom. The molecule has 1 heterocycles. The summed E-state index contributed by atoms with van der Waals surface area (Å²) in [5.74, 6) is 0.528. The number of likely N-dealkylation sites (tertiary alicyclic amines) is 1. The average molecular weight is 407 g/mol. The van der Waals surface area contributed by atoms with Gasteiger partial charge in [-0.1, -0.05) is 60.2 Å². The lowest BCUT2D eigenvalue weighted by Gasteiger charge is -2.32. The molecule has 0 bridgehead atoms. The minimum absolute atomic E-state index is 0.214. The molecule has 0 aromatic heterocycles. The molecule has 1 amide bonds. The molecule has 0 spiro atoms. The van der Waals surface area contributed by atoms with E-state index in [9.17, 15) is 4.79 Å². The lowest BCUT2D eigenvalue weighted by atomic mass is 9.93. The molecule has 1 N–H and O–H groups in total. The number of carbonyl (C=O) groups is 1. The van der Waals surface area contributed by atoms with Crippen LogP contribution in [0, 0.1) is 5.92 Å². The van der Waals surface area contributed by atoms with Gasteiger partial charge in [-0.05, 0) is 56.5 Å². The van der Waals surface area contributed by atoms with Crippen molar-refractivity contribution in [3.05, 3.63) is 34.3 Å². The van der Waals surface area contributed by atoms with Crippen LogP contribution >= 0.6 is 15.9 Å². The number of nitrogens with one attached hydrogen (secondary N) is 1. The molecule has 2 aliphatic rings. The summed E-state index contributed by atoms with van der Waals surface area (Å²) in [6, 6.07) is 8.98. The molecule has 1 aromatic rings. The highest BCUT2D eigenvalue weighted by atomic mass is 79.9. The van der Waals surface area contributed by atoms with Gasteiger partial charge in [-0.15, -0.1) is 0 Å². The summed E-state index contributed by atoms with van der Waals surface area (Å²) < 4.78 is 1.13. The van der Waals surface area contributed by atoms with Crippen molar-refractivity contribution in [1.82, 2.24) is 10.2 Å². The third kappa shape index (κ3) is 6.10. The molecule has 25 heavy (non-hydrogen) atoms. The highest BCUT2D eigenvalue weighted by Crippen LogP contribution is 2.22. The van der Waals surface area contributed by atoms with Crippen molar-refractivity contribution in [2.75, 3.05) is 13.1 Å². The van der Waals surface area contributed by atoms with Crippen LogP contribution in [-0.4, -0.2) is 29.9 Å². The van der Waals surface area contributed by atoms with Crippen LogP contribution in [0.4, 0.5) is 0 Å². The van der Waals surface area contributed by atoms with Crippen molar-refractivity contribution in [2.45, 2.75) is 70.4 Å². The van der Waals surface area contributed by atoms with E-state index in [2.05, 4.69) is 50.4 Å². The second-order valence-electron chi connectivity index (χ2n) is 7.73. The van der Waals surface area contributed by atoms with Gasteiger partial charge < -0.3 is 5.32 Å². The maximum absolute atomic E-state index is 12.6. The van der Waals surface area contributed by atoms with Crippen molar-refractivity contribution < 1.29 is 4.79 Å². The zero-order valence-electron chi connectivity index (χ0n) is 15.2. The first-order valence-corrected chi connectivity index (χ1v) is 10.8. The molecule has 0 radical (unpaired) electrons. The summed E-state index contributed by atoms with van der Waals surface area (Å²) in [7, 11) is 0. The van der Waals surface area contributed by atoms with Crippen LogP contribution < -0.4 is 5.32 Å². The molecule has 1 aromatic carbocycles. The lowest BCUT2D eigenvalue weighted by molar-refractivity contribution is -0.127. The van der Waals surface area contributed by atoms with Gasteiger partial charge in [-0.2, -0.15) is 0 Å². The molecule has 1 aliphatic carbocycles. The van der Waals surface area contributed by atoms with Crippen LogP contribution in [0.1, 0.15) is 63.4 Å². The number of hydrogen-bond donors (Lipinski definition) is 1. The molecule has 3 nitrogen and oxygen atoms in total. The molecule has 4 heteroatoms. The van der Waals surface area contributed by atoms with Gasteiger partial charge in [0.2, 0.25) is 5.91 Å². The van der Waals surface area contributed by atoms with Crippen LogP contribution in [0.2, 0.25) is 0 Å². The fraction of sp³-hybridized carbons (Fsp3) is 0.667. The molecule has 0 unspecified atom stereocenters. The highest BCUT2D eigenvalue weighted by Gasteiger charge is 2.26. The third-order valence-corrected chi connectivity index (χ3v) is 6.26. The quantitative estimate of drug-likeness (QED) is 0.771. The number of amides is 1. The molecule has 2 fully saturated rings. The highest BCUT2D eigenvalue weighted by molar-refractivity contribution is 9.10. The van der Waals surface area contributed by atoms with Gasteiger partial charge in [0.1, 0.15) is 0 Å². The van der Waals surface area contributed by atoms with Gasteiger partial charge >= 0.3 is 0 Å². The average Bonchev–Trinajstić information content (AvgIpc) is 2.60. The first kappa shape index (κ1) is 18.9. The van der Waals surface area contributed by atoms with E-state index >= 15 is 0 Å². The maximum Gasteiger partial charge on any atom is 0.223 e. The topological polar surface area (TPSA) is 32.3 Å². The number of carbonyl (C=O) groups excluding carboxylic acids is 1. The zero-order chi connectivity index (χ0) is 17.5. The van der Waals surface area contributed by atoms with Gasteiger partial charge in [0.25, 0.3) is 0 Å². The Labute approximate surface area is 160 Å². The number of piperidine rings is 1. The van der Waals surface area contributed by atoms with E-state index in [-0.39, 0.29) is 5.92 Å². The maximum atomic E-state index is 12.6. The van der Waals surface area contributed by atoms with Gasteiger partial charge in [0.15, 0.2) is 0 Å². The largest absolute Gasteiger partial charge is 0.353 e. The van der Waals surface area contributed by atoms with E-state index in [1.165, 1.54) is 50.5 Å². The van der Waals surface area contributed by atoms with Crippen molar-refractivity contribution >= 4 is 21.8 Å². The first-order valence-electron chi connectivity index (χ1n) is 9.98. The minimum Gasteiger partial charge on any atom is -0.353 e. The first-order chi connectivity index (χ1) is 12.2.